The van der Waals surface area contributed by atoms with Crippen LogP contribution in [0.4, 0.5) is 0 Å². The molecule has 0 N–H and O–H groups in total. The molecule has 0 unspecified atom stereocenters. The summed E-state index contributed by atoms with van der Waals surface area (Å²) in [5.74, 6) is 2.77. The van der Waals surface area contributed by atoms with Crippen molar-refractivity contribution in [3.63, 3.8) is 0 Å². The van der Waals surface area contributed by atoms with Crippen LogP contribution in [0.25, 0.3) is 0 Å². The van der Waals surface area contributed by atoms with Crippen LogP contribution in [0.3, 0.4) is 0 Å². The van der Waals surface area contributed by atoms with Crippen LogP contribution >= 0.6 is 15.9 Å². The highest BCUT2D eigenvalue weighted by Crippen LogP contribution is 2.62. The average molecular weight is 407 g/mol. The number of benzene rings is 1. The predicted octanol–water partition coefficient (Wildman–Crippen LogP) is 4.86. The first-order chi connectivity index (χ1) is 11.9. The number of carbonyl (C=O) groups is 1. The summed E-state index contributed by atoms with van der Waals surface area (Å²) in [6.07, 6.45) is 5.80. The quantitative estimate of drug-likeness (QED) is 0.519. The summed E-state index contributed by atoms with van der Waals surface area (Å²) in [6.45, 7) is 3.89. The summed E-state index contributed by atoms with van der Waals surface area (Å²) in [5, 5.41) is 0. The van der Waals surface area contributed by atoms with Gasteiger partial charge in [0.2, 0.25) is 0 Å². The fraction of sp³-hybridized carbons (Fsp3) is 0.667. The van der Waals surface area contributed by atoms with Gasteiger partial charge >= 0.3 is 5.97 Å². The summed E-state index contributed by atoms with van der Waals surface area (Å²) in [6, 6.07) is 6.62. The van der Waals surface area contributed by atoms with Gasteiger partial charge in [-0.05, 0) is 73.1 Å². The maximum absolute atomic E-state index is 11.6. The van der Waals surface area contributed by atoms with Gasteiger partial charge in [-0.25, -0.2) is 0 Å². The Morgan fingerprint density at radius 2 is 2.12 bits per heavy atom. The first kappa shape index (κ1) is 17.4. The van der Waals surface area contributed by atoms with Gasteiger partial charge in [0.1, 0.15) is 11.9 Å². The molecule has 0 saturated heterocycles. The normalized spacial score (nSPS) is 39.1. The fourth-order valence-electron chi connectivity index (χ4n) is 6.00. The highest BCUT2D eigenvalue weighted by molar-refractivity contribution is 9.09. The lowest BCUT2D eigenvalue weighted by Gasteiger charge is -2.50. The van der Waals surface area contributed by atoms with Crippen LogP contribution in [0.15, 0.2) is 18.2 Å². The van der Waals surface area contributed by atoms with E-state index in [9.17, 15) is 4.79 Å². The minimum atomic E-state index is -0.153. The van der Waals surface area contributed by atoms with Crippen molar-refractivity contribution in [3.8, 4) is 5.75 Å². The number of hydrogen-bond donors (Lipinski definition) is 0. The van der Waals surface area contributed by atoms with E-state index in [-0.39, 0.29) is 22.3 Å². The molecule has 3 aliphatic carbocycles. The summed E-state index contributed by atoms with van der Waals surface area (Å²) < 4.78 is 11.2. The lowest BCUT2D eigenvalue weighted by molar-refractivity contribution is -0.154. The monoisotopic (exact) mass is 406 g/mol. The molecule has 1 aromatic carbocycles. The second kappa shape index (κ2) is 6.29. The number of methoxy groups -OCH3 is 1. The molecule has 4 heteroatoms. The number of hydrogen-bond acceptors (Lipinski definition) is 3. The molecular weight excluding hydrogens is 380 g/mol. The molecule has 3 nitrogen and oxygen atoms in total. The van der Waals surface area contributed by atoms with Crippen molar-refractivity contribution in [1.29, 1.82) is 0 Å². The van der Waals surface area contributed by atoms with Gasteiger partial charge in [0.15, 0.2) is 0 Å². The summed E-state index contributed by atoms with van der Waals surface area (Å²) >= 11 is 3.83. The molecule has 4 rings (SSSR count). The third-order valence-corrected chi connectivity index (χ3v) is 7.98. The van der Waals surface area contributed by atoms with Crippen molar-refractivity contribution >= 4 is 21.9 Å². The van der Waals surface area contributed by atoms with Crippen LogP contribution in [-0.4, -0.2) is 24.0 Å². The van der Waals surface area contributed by atoms with E-state index in [1.54, 1.807) is 7.11 Å². The molecule has 0 amide bonds. The Bertz CT molecular complexity index is 688. The van der Waals surface area contributed by atoms with Gasteiger partial charge in [0.05, 0.1) is 11.9 Å². The molecule has 0 heterocycles. The molecule has 2 saturated carbocycles. The van der Waals surface area contributed by atoms with Crippen molar-refractivity contribution in [2.24, 2.45) is 17.3 Å². The molecule has 0 radical (unpaired) electrons. The third kappa shape index (κ3) is 2.72. The van der Waals surface area contributed by atoms with E-state index in [0.717, 1.165) is 25.0 Å². The van der Waals surface area contributed by atoms with Crippen LogP contribution < -0.4 is 4.74 Å². The standard InChI is InChI=1S/C21H27BrO3/c1-12(23)25-20-19(22)11-18-17-6-4-13-10-14(24-3)5-7-15(13)16(17)8-9-21(18,20)2/h5,7,10,16-20H,4,6,8-9,11H2,1-3H3/t16-,17-,18+,19+,20+,21+/m1/s1. The number of alkyl halides is 1. The third-order valence-electron chi connectivity index (χ3n) is 7.12. The van der Waals surface area contributed by atoms with E-state index in [2.05, 4.69) is 41.1 Å². The molecule has 0 bridgehead atoms. The summed E-state index contributed by atoms with van der Waals surface area (Å²) in [7, 11) is 1.74. The SMILES string of the molecule is COc1ccc2c(c1)CC[C@@H]1[C@@H]2CC[C@@]2(C)[C@H]1C[C@H](Br)[C@@H]2OC(C)=O. The number of halogens is 1. The van der Waals surface area contributed by atoms with Crippen LogP contribution in [0.2, 0.25) is 0 Å². The largest absolute Gasteiger partial charge is 0.497 e. The van der Waals surface area contributed by atoms with Crippen molar-refractivity contribution in [2.45, 2.75) is 62.8 Å². The van der Waals surface area contributed by atoms with Crippen LogP contribution in [0.5, 0.6) is 5.75 Å². The Morgan fingerprint density at radius 3 is 2.84 bits per heavy atom. The van der Waals surface area contributed by atoms with Gasteiger partial charge in [-0.15, -0.1) is 0 Å². The highest BCUT2D eigenvalue weighted by atomic mass is 79.9. The van der Waals surface area contributed by atoms with E-state index in [1.165, 1.54) is 30.9 Å². The lowest BCUT2D eigenvalue weighted by atomic mass is 9.55. The van der Waals surface area contributed by atoms with Crippen molar-refractivity contribution in [2.75, 3.05) is 7.11 Å². The van der Waals surface area contributed by atoms with Crippen LogP contribution in [0, 0.1) is 17.3 Å². The second-order valence-electron chi connectivity index (χ2n) is 8.31. The molecule has 0 aromatic heterocycles. The van der Waals surface area contributed by atoms with E-state index < -0.39 is 0 Å². The summed E-state index contributed by atoms with van der Waals surface area (Å²) in [5.41, 5.74) is 3.10. The number of carbonyl (C=O) groups excluding carboxylic acids is 1. The van der Waals surface area contributed by atoms with Gasteiger partial charge in [0.25, 0.3) is 0 Å². The molecule has 6 atom stereocenters. The average Bonchev–Trinajstić information content (AvgIpc) is 2.85. The molecule has 0 aliphatic heterocycles. The Labute approximate surface area is 158 Å². The Hall–Kier alpha value is -1.03. The van der Waals surface area contributed by atoms with E-state index in [0.29, 0.717) is 17.8 Å². The number of rotatable bonds is 2. The van der Waals surface area contributed by atoms with Crippen molar-refractivity contribution in [1.82, 2.24) is 0 Å². The molecule has 25 heavy (non-hydrogen) atoms. The number of fused-ring (bicyclic) bond motifs is 5. The van der Waals surface area contributed by atoms with Crippen molar-refractivity contribution < 1.29 is 14.3 Å². The van der Waals surface area contributed by atoms with Gasteiger partial charge in [-0.3, -0.25) is 4.79 Å². The van der Waals surface area contributed by atoms with Gasteiger partial charge in [0, 0.05) is 12.3 Å². The lowest BCUT2D eigenvalue weighted by Crippen LogP contribution is -2.45. The summed E-state index contributed by atoms with van der Waals surface area (Å²) in [4.78, 5) is 11.9. The van der Waals surface area contributed by atoms with E-state index in [4.69, 9.17) is 9.47 Å². The van der Waals surface area contributed by atoms with E-state index >= 15 is 0 Å². The van der Waals surface area contributed by atoms with Crippen molar-refractivity contribution in [3.05, 3.63) is 29.3 Å². The minimum Gasteiger partial charge on any atom is -0.497 e. The number of aryl methyl sites for hydroxylation is 1. The Morgan fingerprint density at radius 1 is 1.32 bits per heavy atom. The maximum Gasteiger partial charge on any atom is 0.302 e. The smallest absolute Gasteiger partial charge is 0.302 e. The molecule has 0 spiro atoms. The topological polar surface area (TPSA) is 35.5 Å². The first-order valence-corrected chi connectivity index (χ1v) is 10.3. The maximum atomic E-state index is 11.6. The fourth-order valence-corrected chi connectivity index (χ4v) is 7.11. The molecule has 136 valence electrons. The highest BCUT2D eigenvalue weighted by Gasteiger charge is 2.59. The predicted molar refractivity (Wildman–Crippen MR) is 101 cm³/mol. The number of esters is 1. The van der Waals surface area contributed by atoms with Gasteiger partial charge < -0.3 is 9.47 Å². The first-order valence-electron chi connectivity index (χ1n) is 9.42. The van der Waals surface area contributed by atoms with E-state index in [1.807, 2.05) is 0 Å². The molecular formula is C21H27BrO3. The zero-order valence-electron chi connectivity index (χ0n) is 15.3. The van der Waals surface area contributed by atoms with Crippen LogP contribution in [0.1, 0.15) is 56.6 Å². The zero-order valence-corrected chi connectivity index (χ0v) is 16.8. The number of ether oxygens (including phenoxy) is 2. The molecule has 1 aromatic rings. The zero-order chi connectivity index (χ0) is 17.8. The van der Waals surface area contributed by atoms with Gasteiger partial charge in [-0.2, -0.15) is 0 Å². The van der Waals surface area contributed by atoms with Gasteiger partial charge in [-0.1, -0.05) is 28.9 Å². The molecule has 2 fully saturated rings. The Kier molecular flexibility index (Phi) is 4.38. The second-order valence-corrected chi connectivity index (χ2v) is 9.48. The van der Waals surface area contributed by atoms with Crippen LogP contribution in [-0.2, 0) is 16.0 Å². The Balaban J connectivity index is 1.64. The minimum absolute atomic E-state index is 0.00761. The molecule has 3 aliphatic rings.